The summed E-state index contributed by atoms with van der Waals surface area (Å²) in [6, 6.07) is 11.1. The van der Waals surface area contributed by atoms with Gasteiger partial charge in [-0.1, -0.05) is 30.3 Å². The Hall–Kier alpha value is -0.860. The van der Waals surface area contributed by atoms with E-state index >= 15 is 0 Å². The highest BCUT2D eigenvalue weighted by atomic mass is 15.1. The third kappa shape index (κ3) is 3.83. The second-order valence-electron chi connectivity index (χ2n) is 5.31. The summed E-state index contributed by atoms with van der Waals surface area (Å²) in [6.07, 6.45) is 3.84. The number of benzene rings is 1. The van der Waals surface area contributed by atoms with Crippen LogP contribution in [0.1, 0.15) is 31.7 Å². The van der Waals surface area contributed by atoms with Crippen molar-refractivity contribution < 1.29 is 0 Å². The molecule has 1 aromatic rings. The molecule has 0 aliphatic carbocycles. The molecular weight excluding hydrogens is 208 g/mol. The quantitative estimate of drug-likeness (QED) is 0.868. The van der Waals surface area contributed by atoms with Gasteiger partial charge in [0, 0.05) is 12.6 Å². The molecule has 17 heavy (non-hydrogen) atoms. The van der Waals surface area contributed by atoms with Gasteiger partial charge in [-0.05, 0) is 50.8 Å². The normalized spacial score (nSPS) is 24.2. The summed E-state index contributed by atoms with van der Waals surface area (Å²) in [6.45, 7) is 5.66. The van der Waals surface area contributed by atoms with Gasteiger partial charge in [0.15, 0.2) is 0 Å². The van der Waals surface area contributed by atoms with Crippen LogP contribution >= 0.6 is 0 Å². The Morgan fingerprint density at radius 2 is 2.00 bits per heavy atom. The van der Waals surface area contributed by atoms with E-state index in [1.807, 2.05) is 0 Å². The second-order valence-corrected chi connectivity index (χ2v) is 5.31. The standard InChI is InChI=1S/C15H24N2/c1-13(16)15-8-5-10-17(11-9-15)12-14-6-3-2-4-7-14/h2-4,6-7,13,15H,5,8-12,16H2,1H3. The zero-order chi connectivity index (χ0) is 12.1. The molecule has 0 radical (unpaired) electrons. The predicted octanol–water partition coefficient (Wildman–Crippen LogP) is 2.64. The minimum atomic E-state index is 0.353. The second kappa shape index (κ2) is 6.18. The van der Waals surface area contributed by atoms with Gasteiger partial charge in [-0.3, -0.25) is 4.90 Å². The lowest BCUT2D eigenvalue weighted by atomic mass is 9.94. The first kappa shape index (κ1) is 12.6. The van der Waals surface area contributed by atoms with Crippen LogP contribution in [0.25, 0.3) is 0 Å². The minimum absolute atomic E-state index is 0.353. The largest absolute Gasteiger partial charge is 0.328 e. The molecule has 1 saturated heterocycles. The average molecular weight is 232 g/mol. The Labute approximate surface area is 105 Å². The van der Waals surface area contributed by atoms with E-state index in [9.17, 15) is 0 Å². The molecule has 0 aromatic heterocycles. The average Bonchev–Trinajstić information content (AvgIpc) is 2.56. The number of likely N-dealkylation sites (tertiary alicyclic amines) is 1. The van der Waals surface area contributed by atoms with Gasteiger partial charge in [-0.2, -0.15) is 0 Å². The SMILES string of the molecule is CC(N)C1CCCN(Cc2ccccc2)CC1. The van der Waals surface area contributed by atoms with Crippen molar-refractivity contribution in [2.45, 2.75) is 38.8 Å². The minimum Gasteiger partial charge on any atom is -0.328 e. The molecule has 1 heterocycles. The molecule has 2 nitrogen and oxygen atoms in total. The van der Waals surface area contributed by atoms with Gasteiger partial charge in [0.05, 0.1) is 0 Å². The Morgan fingerprint density at radius 1 is 1.24 bits per heavy atom. The lowest BCUT2D eigenvalue weighted by Crippen LogP contribution is -2.28. The van der Waals surface area contributed by atoms with E-state index in [-0.39, 0.29) is 0 Å². The first-order valence-electron chi connectivity index (χ1n) is 6.77. The summed E-state index contributed by atoms with van der Waals surface area (Å²) in [5, 5.41) is 0. The maximum Gasteiger partial charge on any atom is 0.0233 e. The van der Waals surface area contributed by atoms with Crippen molar-refractivity contribution in [2.24, 2.45) is 11.7 Å². The highest BCUT2D eigenvalue weighted by molar-refractivity contribution is 5.14. The van der Waals surface area contributed by atoms with E-state index in [2.05, 4.69) is 42.2 Å². The van der Waals surface area contributed by atoms with Crippen molar-refractivity contribution in [3.8, 4) is 0 Å². The first-order chi connectivity index (χ1) is 8.25. The van der Waals surface area contributed by atoms with E-state index in [0.717, 1.165) is 12.5 Å². The van der Waals surface area contributed by atoms with Gasteiger partial charge in [0.2, 0.25) is 0 Å². The molecule has 0 spiro atoms. The molecule has 2 unspecified atom stereocenters. The molecule has 0 saturated carbocycles. The van der Waals surface area contributed by atoms with Crippen molar-refractivity contribution in [1.82, 2.24) is 4.90 Å². The molecule has 0 bridgehead atoms. The molecule has 2 atom stereocenters. The summed E-state index contributed by atoms with van der Waals surface area (Å²) in [5.74, 6) is 0.718. The molecule has 94 valence electrons. The topological polar surface area (TPSA) is 29.3 Å². The van der Waals surface area contributed by atoms with Crippen LogP contribution in [0.4, 0.5) is 0 Å². The van der Waals surface area contributed by atoms with E-state index in [1.54, 1.807) is 0 Å². The highest BCUT2D eigenvalue weighted by Crippen LogP contribution is 2.20. The van der Waals surface area contributed by atoms with Crippen molar-refractivity contribution >= 4 is 0 Å². The third-order valence-electron chi connectivity index (χ3n) is 3.86. The lowest BCUT2D eigenvalue weighted by molar-refractivity contribution is 0.270. The van der Waals surface area contributed by atoms with E-state index in [4.69, 9.17) is 5.73 Å². The molecule has 1 aromatic carbocycles. The fourth-order valence-electron chi connectivity index (χ4n) is 2.71. The Kier molecular flexibility index (Phi) is 4.57. The molecule has 2 heteroatoms. The molecule has 0 amide bonds. The van der Waals surface area contributed by atoms with Gasteiger partial charge in [0.25, 0.3) is 0 Å². The highest BCUT2D eigenvalue weighted by Gasteiger charge is 2.19. The summed E-state index contributed by atoms with van der Waals surface area (Å²) >= 11 is 0. The van der Waals surface area contributed by atoms with Crippen LogP contribution in [-0.2, 0) is 6.54 Å². The Balaban J connectivity index is 1.87. The van der Waals surface area contributed by atoms with Crippen molar-refractivity contribution in [3.63, 3.8) is 0 Å². The zero-order valence-electron chi connectivity index (χ0n) is 10.8. The maximum atomic E-state index is 6.02. The van der Waals surface area contributed by atoms with Crippen LogP contribution in [0, 0.1) is 5.92 Å². The Morgan fingerprint density at radius 3 is 2.71 bits per heavy atom. The number of nitrogens with two attached hydrogens (primary N) is 1. The van der Waals surface area contributed by atoms with Crippen molar-refractivity contribution in [3.05, 3.63) is 35.9 Å². The van der Waals surface area contributed by atoms with Crippen molar-refractivity contribution in [2.75, 3.05) is 13.1 Å². The lowest BCUT2D eigenvalue weighted by Gasteiger charge is -2.21. The molecular formula is C15H24N2. The first-order valence-corrected chi connectivity index (χ1v) is 6.77. The van der Waals surface area contributed by atoms with Crippen LogP contribution < -0.4 is 5.73 Å². The smallest absolute Gasteiger partial charge is 0.0233 e. The number of hydrogen-bond donors (Lipinski definition) is 1. The molecule has 2 N–H and O–H groups in total. The van der Waals surface area contributed by atoms with Gasteiger partial charge in [-0.15, -0.1) is 0 Å². The number of nitrogens with zero attached hydrogens (tertiary/aromatic N) is 1. The van der Waals surface area contributed by atoms with Gasteiger partial charge < -0.3 is 5.73 Å². The van der Waals surface area contributed by atoms with Crippen LogP contribution in [-0.4, -0.2) is 24.0 Å². The fourth-order valence-corrected chi connectivity index (χ4v) is 2.71. The molecule has 2 rings (SSSR count). The number of rotatable bonds is 3. The van der Waals surface area contributed by atoms with Crippen LogP contribution in [0.2, 0.25) is 0 Å². The monoisotopic (exact) mass is 232 g/mol. The molecule has 1 fully saturated rings. The summed E-state index contributed by atoms with van der Waals surface area (Å²) in [5.41, 5.74) is 7.44. The third-order valence-corrected chi connectivity index (χ3v) is 3.86. The maximum absolute atomic E-state index is 6.02. The van der Waals surface area contributed by atoms with Crippen LogP contribution in [0.3, 0.4) is 0 Å². The van der Waals surface area contributed by atoms with Crippen molar-refractivity contribution in [1.29, 1.82) is 0 Å². The predicted molar refractivity (Wildman–Crippen MR) is 72.7 cm³/mol. The fraction of sp³-hybridized carbons (Fsp3) is 0.600. The zero-order valence-corrected chi connectivity index (χ0v) is 10.8. The molecule has 1 aliphatic rings. The number of hydrogen-bond acceptors (Lipinski definition) is 2. The summed E-state index contributed by atoms with van der Waals surface area (Å²) in [7, 11) is 0. The van der Waals surface area contributed by atoms with E-state index < -0.39 is 0 Å². The van der Waals surface area contributed by atoms with Gasteiger partial charge >= 0.3 is 0 Å². The van der Waals surface area contributed by atoms with Crippen LogP contribution in [0.15, 0.2) is 30.3 Å². The summed E-state index contributed by atoms with van der Waals surface area (Å²) < 4.78 is 0. The van der Waals surface area contributed by atoms with Crippen LogP contribution in [0.5, 0.6) is 0 Å². The van der Waals surface area contributed by atoms with E-state index in [1.165, 1.54) is 37.9 Å². The summed E-state index contributed by atoms with van der Waals surface area (Å²) in [4.78, 5) is 2.57. The van der Waals surface area contributed by atoms with Gasteiger partial charge in [-0.25, -0.2) is 0 Å². The molecule has 1 aliphatic heterocycles. The Bertz CT molecular complexity index is 321. The van der Waals surface area contributed by atoms with Gasteiger partial charge in [0.1, 0.15) is 0 Å². The van der Waals surface area contributed by atoms with E-state index in [0.29, 0.717) is 6.04 Å².